The van der Waals surface area contributed by atoms with Crippen LogP contribution in [-0.2, 0) is 47.5 Å². The number of carbonyl (C=O) groups is 4. The van der Waals surface area contributed by atoms with E-state index in [1.54, 1.807) is 27.2 Å². The molecule has 1 N–H and O–H groups in total. The van der Waals surface area contributed by atoms with Gasteiger partial charge in [0.15, 0.2) is 12.0 Å². The number of fused-ring (bicyclic) bond motifs is 4. The first kappa shape index (κ1) is 45.5. The summed E-state index contributed by atoms with van der Waals surface area (Å²) in [6.45, 7) is 13.1. The second-order valence-corrected chi connectivity index (χ2v) is 18.5. The fraction of sp³-hybridized carbons (Fsp3) is 0.643. The highest BCUT2D eigenvalue weighted by Crippen LogP contribution is 2.46. The number of aryl methyl sites for hydroxylation is 1. The van der Waals surface area contributed by atoms with Crippen LogP contribution in [0, 0.1) is 30.6 Å². The van der Waals surface area contributed by atoms with Crippen molar-refractivity contribution in [2.45, 2.75) is 122 Å². The summed E-state index contributed by atoms with van der Waals surface area (Å²) in [6.07, 6.45) is 9.54. The summed E-state index contributed by atoms with van der Waals surface area (Å²) in [7, 11) is 4.39. The molecule has 1 unspecified atom stereocenters. The van der Waals surface area contributed by atoms with Gasteiger partial charge in [-0.3, -0.25) is 9.59 Å². The Morgan fingerprint density at radius 2 is 1.86 bits per heavy atom. The van der Waals surface area contributed by atoms with E-state index in [4.69, 9.17) is 42.7 Å². The van der Waals surface area contributed by atoms with E-state index in [1.165, 1.54) is 21.6 Å². The quantitative estimate of drug-likeness (QED) is 0.0352. The van der Waals surface area contributed by atoms with Crippen molar-refractivity contribution >= 4 is 51.7 Å². The van der Waals surface area contributed by atoms with Gasteiger partial charge in [-0.25, -0.2) is 14.6 Å². The molecular weight excluding hydrogens is 791 g/mol. The van der Waals surface area contributed by atoms with Crippen LogP contribution in [-0.4, -0.2) is 108 Å². The lowest BCUT2D eigenvalue weighted by atomic mass is 9.84. The maximum atomic E-state index is 13.8. The fourth-order valence-electron chi connectivity index (χ4n) is 7.37. The molecule has 14 nitrogen and oxygen atoms in total. The number of hydrogen-bond acceptors (Lipinski definition) is 15. The summed E-state index contributed by atoms with van der Waals surface area (Å²) >= 11 is 0. The number of allylic oxidation sites excluding steroid dienone is 4. The Morgan fingerprint density at radius 3 is 2.57 bits per heavy atom. The summed E-state index contributed by atoms with van der Waals surface area (Å²) < 4.78 is 46.9. The standard InChI is InChI=1S/C42H57NO13S2/c1-23(16-30-21-51-28(6)43-30)10-9-11-25(3)37(49-8)27(5)32-20-35(55-41(48)50-14-15-57-58-22-26(4)39(45)46)42(7)34(56-42)13-12-24(2)31-17-29(19-36(44)52-31)18-33-38(53-33)40(47)54-32/h9-13,16,21,24,26-27,29,31-35,37-38H,14-15,17-20,22H2,1-8H3,(H,45,46)/b10-9+,13-12+,23-16+,25-11+/t24-,26+,27+,29+,31?,32+,33-,34-,35+,37+,38-,42+/m1/s1. The summed E-state index contributed by atoms with van der Waals surface area (Å²) in [5, 5.41) is 9.12. The highest BCUT2D eigenvalue weighted by Gasteiger charge is 2.60. The van der Waals surface area contributed by atoms with Gasteiger partial charge in [-0.15, -0.1) is 0 Å². The molecule has 0 spiro atoms. The molecule has 0 amide bonds. The van der Waals surface area contributed by atoms with E-state index in [0.29, 0.717) is 30.2 Å². The van der Waals surface area contributed by atoms with Crippen LogP contribution in [0.4, 0.5) is 4.79 Å². The summed E-state index contributed by atoms with van der Waals surface area (Å²) in [6, 6.07) is 0. The van der Waals surface area contributed by atoms with Gasteiger partial charge in [0.05, 0.1) is 18.1 Å². The molecule has 5 rings (SSSR count). The fourth-order valence-corrected chi connectivity index (χ4v) is 9.54. The number of ether oxygens (including phenoxy) is 7. The molecule has 1 aromatic heterocycles. The molecule has 4 aliphatic rings. The van der Waals surface area contributed by atoms with Crippen LogP contribution in [0.3, 0.4) is 0 Å². The number of carboxylic acid groups (broad SMARTS) is 1. The Labute approximate surface area is 348 Å². The van der Waals surface area contributed by atoms with E-state index in [0.717, 1.165) is 16.8 Å². The number of hydrogen-bond donors (Lipinski definition) is 1. The molecular formula is C42H57NO13S2. The van der Waals surface area contributed by atoms with Gasteiger partial charge in [-0.05, 0) is 56.8 Å². The minimum absolute atomic E-state index is 0.00122. The lowest BCUT2D eigenvalue weighted by Gasteiger charge is -2.33. The lowest BCUT2D eigenvalue weighted by molar-refractivity contribution is -0.159. The maximum absolute atomic E-state index is 13.8. The molecule has 0 aliphatic carbocycles. The van der Waals surface area contributed by atoms with Crippen LogP contribution in [0.5, 0.6) is 0 Å². The van der Waals surface area contributed by atoms with Gasteiger partial charge in [0.2, 0.25) is 0 Å². The zero-order valence-corrected chi connectivity index (χ0v) is 36.1. The van der Waals surface area contributed by atoms with E-state index >= 15 is 0 Å². The van der Waals surface area contributed by atoms with Crippen molar-refractivity contribution in [3.63, 3.8) is 0 Å². The highest BCUT2D eigenvalue weighted by atomic mass is 33.1. The van der Waals surface area contributed by atoms with Gasteiger partial charge in [0.25, 0.3) is 0 Å². The van der Waals surface area contributed by atoms with Crippen molar-refractivity contribution in [2.24, 2.45) is 23.7 Å². The number of aliphatic carboxylic acids is 1. The molecule has 5 heterocycles. The monoisotopic (exact) mass is 847 g/mol. The topological polar surface area (TPSA) is 186 Å². The van der Waals surface area contributed by atoms with Crippen molar-refractivity contribution in [1.29, 1.82) is 0 Å². The number of aromatic nitrogens is 1. The largest absolute Gasteiger partial charge is 0.508 e. The second-order valence-electron chi connectivity index (χ2n) is 15.9. The third-order valence-electron chi connectivity index (χ3n) is 11.0. The zero-order chi connectivity index (χ0) is 42.1. The Balaban J connectivity index is 1.36. The van der Waals surface area contributed by atoms with Crippen LogP contribution in [0.2, 0.25) is 0 Å². The van der Waals surface area contributed by atoms with Crippen LogP contribution in [0.15, 0.2) is 52.2 Å². The maximum Gasteiger partial charge on any atom is 0.508 e. The van der Waals surface area contributed by atoms with Gasteiger partial charge >= 0.3 is 24.1 Å². The van der Waals surface area contributed by atoms with Crippen molar-refractivity contribution in [1.82, 2.24) is 4.98 Å². The van der Waals surface area contributed by atoms with E-state index in [2.05, 4.69) is 4.98 Å². The van der Waals surface area contributed by atoms with E-state index in [9.17, 15) is 19.2 Å². The van der Waals surface area contributed by atoms with E-state index in [1.807, 2.05) is 71.1 Å². The number of carboxylic acids is 1. The minimum Gasteiger partial charge on any atom is -0.481 e. The van der Waals surface area contributed by atoms with Gasteiger partial charge in [0.1, 0.15) is 48.6 Å². The van der Waals surface area contributed by atoms with Crippen LogP contribution in [0.1, 0.15) is 78.8 Å². The summed E-state index contributed by atoms with van der Waals surface area (Å²) in [4.78, 5) is 55.1. The Kier molecular flexibility index (Phi) is 16.2. The van der Waals surface area contributed by atoms with E-state index < -0.39 is 66.1 Å². The summed E-state index contributed by atoms with van der Waals surface area (Å²) in [5.41, 5.74) is 1.55. The van der Waals surface area contributed by atoms with Crippen molar-refractivity contribution in [3.05, 3.63) is 59.4 Å². The number of methoxy groups -OCH3 is 1. The molecule has 0 radical (unpaired) electrons. The predicted octanol–water partition coefficient (Wildman–Crippen LogP) is 7.31. The summed E-state index contributed by atoms with van der Waals surface area (Å²) in [5.74, 6) is -1.30. The molecule has 3 fully saturated rings. The minimum atomic E-state index is -0.999. The predicted molar refractivity (Wildman–Crippen MR) is 218 cm³/mol. The SMILES string of the molecule is CO[C@@H](/C(C)=C/C=C/C(C)=C/c1coc(C)n1)[C@@H](C)[C@@H]1C[C@H](OC(=O)OCCSSC[C@H](C)C(=O)O)[C@@]2(C)O[C@@H]2/C=C/[C@@H](C)C2C[C@H](CC(=O)O2)C[C@H]2O[C@H]2C(=O)O1. The molecule has 3 saturated heterocycles. The van der Waals surface area contributed by atoms with Crippen molar-refractivity contribution < 1.29 is 61.9 Å². The molecule has 12 atom stereocenters. The number of carbonyl (C=O) groups excluding carboxylic acids is 3. The molecule has 320 valence electrons. The molecule has 1 aromatic rings. The first-order chi connectivity index (χ1) is 27.6. The van der Waals surface area contributed by atoms with Gasteiger partial charge in [0, 0.05) is 50.2 Å². The average Bonchev–Trinajstić information content (AvgIpc) is 4.04. The molecule has 0 saturated carbocycles. The third kappa shape index (κ3) is 12.7. The molecule has 2 bridgehead atoms. The Hall–Kier alpha value is -3.57. The number of cyclic esters (lactones) is 1. The first-order valence-corrected chi connectivity index (χ1v) is 22.3. The number of epoxide rings is 2. The normalized spacial score (nSPS) is 32.5. The number of nitrogens with zero attached hydrogens (tertiary/aromatic N) is 1. The third-order valence-corrected chi connectivity index (χ3v) is 13.6. The number of rotatable bonds is 15. The van der Waals surface area contributed by atoms with Gasteiger partial charge in [-0.2, -0.15) is 0 Å². The van der Waals surface area contributed by atoms with Crippen molar-refractivity contribution in [3.8, 4) is 0 Å². The Morgan fingerprint density at radius 1 is 1.10 bits per heavy atom. The Bertz CT molecular complexity index is 1740. The van der Waals surface area contributed by atoms with Crippen LogP contribution in [0.25, 0.3) is 6.08 Å². The smallest absolute Gasteiger partial charge is 0.481 e. The zero-order valence-electron chi connectivity index (χ0n) is 34.5. The second kappa shape index (κ2) is 20.6. The van der Waals surface area contributed by atoms with Crippen molar-refractivity contribution in [2.75, 3.05) is 25.2 Å². The highest BCUT2D eigenvalue weighted by molar-refractivity contribution is 8.76. The van der Waals surface area contributed by atoms with E-state index in [-0.39, 0.29) is 49.5 Å². The first-order valence-electron chi connectivity index (χ1n) is 19.8. The van der Waals surface area contributed by atoms with Crippen LogP contribution >= 0.6 is 21.6 Å². The lowest BCUT2D eigenvalue weighted by Crippen LogP contribution is -2.43. The molecule has 0 aromatic carbocycles. The average molecular weight is 848 g/mol. The molecule has 58 heavy (non-hydrogen) atoms. The van der Waals surface area contributed by atoms with Gasteiger partial charge < -0.3 is 42.7 Å². The number of esters is 2. The number of oxazole rings is 1. The van der Waals surface area contributed by atoms with Crippen LogP contribution < -0.4 is 0 Å². The molecule has 16 heteroatoms. The van der Waals surface area contributed by atoms with Gasteiger partial charge in [-0.1, -0.05) is 72.7 Å². The molecule has 4 aliphatic heterocycles.